The highest BCUT2D eigenvalue weighted by Crippen LogP contribution is 2.21. The van der Waals surface area contributed by atoms with E-state index in [0.29, 0.717) is 19.2 Å². The fraction of sp³-hybridized carbons (Fsp3) is 0.600. The molecule has 0 aromatic heterocycles. The molecule has 1 aliphatic carbocycles. The van der Waals surface area contributed by atoms with Crippen LogP contribution in [0.25, 0.3) is 0 Å². The lowest BCUT2D eigenvalue weighted by Gasteiger charge is -2.24. The molecule has 100 valence electrons. The fourth-order valence-electron chi connectivity index (χ4n) is 1.87. The summed E-state index contributed by atoms with van der Waals surface area (Å²) in [5, 5.41) is 13.6. The lowest BCUT2D eigenvalue weighted by Crippen LogP contribution is -2.43. The molecular formula is C15H23NO2. The van der Waals surface area contributed by atoms with Crippen LogP contribution in [0.3, 0.4) is 0 Å². The van der Waals surface area contributed by atoms with Crippen molar-refractivity contribution in [2.45, 2.75) is 44.8 Å². The van der Waals surface area contributed by atoms with E-state index in [1.165, 1.54) is 18.4 Å². The first-order valence-electron chi connectivity index (χ1n) is 6.77. The highest BCUT2D eigenvalue weighted by molar-refractivity contribution is 5.33. The summed E-state index contributed by atoms with van der Waals surface area (Å²) < 4.78 is 5.76. The van der Waals surface area contributed by atoms with Crippen molar-refractivity contribution in [3.63, 3.8) is 0 Å². The molecule has 0 saturated heterocycles. The predicted molar refractivity (Wildman–Crippen MR) is 73.0 cm³/mol. The van der Waals surface area contributed by atoms with E-state index in [1.807, 2.05) is 25.1 Å². The van der Waals surface area contributed by atoms with Crippen molar-refractivity contribution in [1.29, 1.82) is 0 Å². The zero-order valence-corrected chi connectivity index (χ0v) is 11.3. The molecule has 1 aromatic carbocycles. The summed E-state index contributed by atoms with van der Waals surface area (Å²) in [6, 6.07) is 8.61. The number of aliphatic hydroxyl groups is 1. The number of hydrogen-bond acceptors (Lipinski definition) is 3. The van der Waals surface area contributed by atoms with Crippen molar-refractivity contribution in [2.24, 2.45) is 0 Å². The van der Waals surface area contributed by atoms with Crippen LogP contribution in [-0.2, 0) is 6.42 Å². The van der Waals surface area contributed by atoms with Gasteiger partial charge in [-0.3, -0.25) is 0 Å². The SMILES string of the molecule is CCc1ccccc1OCC(C)(O)CNC1CC1. The maximum Gasteiger partial charge on any atom is 0.122 e. The Hall–Kier alpha value is -1.06. The molecule has 0 heterocycles. The van der Waals surface area contributed by atoms with E-state index in [1.54, 1.807) is 0 Å². The van der Waals surface area contributed by atoms with Crippen molar-refractivity contribution in [3.05, 3.63) is 29.8 Å². The smallest absolute Gasteiger partial charge is 0.122 e. The first-order valence-corrected chi connectivity index (χ1v) is 6.77. The predicted octanol–water partition coefficient (Wildman–Crippen LogP) is 2.13. The summed E-state index contributed by atoms with van der Waals surface area (Å²) in [7, 11) is 0. The van der Waals surface area contributed by atoms with Crippen molar-refractivity contribution >= 4 is 0 Å². The van der Waals surface area contributed by atoms with Gasteiger partial charge in [-0.1, -0.05) is 25.1 Å². The molecule has 3 nitrogen and oxygen atoms in total. The molecule has 0 radical (unpaired) electrons. The Morgan fingerprint density at radius 3 is 2.78 bits per heavy atom. The Kier molecular flexibility index (Phi) is 4.25. The van der Waals surface area contributed by atoms with Gasteiger partial charge in [0.25, 0.3) is 0 Å². The number of benzene rings is 1. The van der Waals surface area contributed by atoms with Gasteiger partial charge in [-0.2, -0.15) is 0 Å². The van der Waals surface area contributed by atoms with Gasteiger partial charge in [-0.25, -0.2) is 0 Å². The molecule has 1 atom stereocenters. The molecule has 2 N–H and O–H groups in total. The van der Waals surface area contributed by atoms with Crippen LogP contribution < -0.4 is 10.1 Å². The molecule has 1 saturated carbocycles. The summed E-state index contributed by atoms with van der Waals surface area (Å²) >= 11 is 0. The molecule has 0 amide bonds. The van der Waals surface area contributed by atoms with E-state index in [-0.39, 0.29) is 0 Å². The van der Waals surface area contributed by atoms with Crippen LogP contribution in [0, 0.1) is 0 Å². The van der Waals surface area contributed by atoms with E-state index in [2.05, 4.69) is 18.3 Å². The monoisotopic (exact) mass is 249 g/mol. The van der Waals surface area contributed by atoms with E-state index < -0.39 is 5.60 Å². The normalized spacial score (nSPS) is 18.4. The molecule has 0 spiro atoms. The van der Waals surface area contributed by atoms with Gasteiger partial charge in [0, 0.05) is 12.6 Å². The minimum Gasteiger partial charge on any atom is -0.490 e. The molecule has 0 bridgehead atoms. The second-order valence-corrected chi connectivity index (χ2v) is 5.40. The molecular weight excluding hydrogens is 226 g/mol. The quantitative estimate of drug-likeness (QED) is 0.778. The van der Waals surface area contributed by atoms with Gasteiger partial charge >= 0.3 is 0 Å². The summed E-state index contributed by atoms with van der Waals surface area (Å²) in [5.74, 6) is 0.881. The summed E-state index contributed by atoms with van der Waals surface area (Å²) in [6.45, 7) is 4.83. The third kappa shape index (κ3) is 4.00. The van der Waals surface area contributed by atoms with Crippen LogP contribution in [0.4, 0.5) is 0 Å². The summed E-state index contributed by atoms with van der Waals surface area (Å²) in [6.07, 6.45) is 3.41. The molecule has 18 heavy (non-hydrogen) atoms. The molecule has 1 aromatic rings. The lowest BCUT2D eigenvalue weighted by molar-refractivity contribution is 0.0117. The first-order chi connectivity index (χ1) is 8.61. The number of hydrogen-bond donors (Lipinski definition) is 2. The van der Waals surface area contributed by atoms with Crippen molar-refractivity contribution in [2.75, 3.05) is 13.2 Å². The Bertz CT molecular complexity index is 386. The second kappa shape index (κ2) is 5.72. The third-order valence-electron chi connectivity index (χ3n) is 3.24. The number of rotatable bonds is 7. The minimum atomic E-state index is -0.816. The average Bonchev–Trinajstić information content (AvgIpc) is 3.19. The van der Waals surface area contributed by atoms with Crippen molar-refractivity contribution in [1.82, 2.24) is 5.32 Å². The van der Waals surface area contributed by atoms with E-state index in [9.17, 15) is 5.11 Å². The zero-order chi connectivity index (χ0) is 13.0. The Labute approximate surface area is 109 Å². The van der Waals surface area contributed by atoms with Gasteiger partial charge in [0.05, 0.1) is 0 Å². The first kappa shape index (κ1) is 13.4. The van der Waals surface area contributed by atoms with E-state index in [0.717, 1.165) is 12.2 Å². The maximum atomic E-state index is 10.2. The van der Waals surface area contributed by atoms with Crippen molar-refractivity contribution < 1.29 is 9.84 Å². The van der Waals surface area contributed by atoms with Crippen LogP contribution in [-0.4, -0.2) is 29.9 Å². The van der Waals surface area contributed by atoms with Crippen molar-refractivity contribution in [3.8, 4) is 5.75 Å². The molecule has 1 fully saturated rings. The molecule has 3 heteroatoms. The van der Waals surface area contributed by atoms with Gasteiger partial charge in [0.15, 0.2) is 0 Å². The molecule has 1 unspecified atom stereocenters. The van der Waals surface area contributed by atoms with Crippen LogP contribution in [0.15, 0.2) is 24.3 Å². The minimum absolute atomic E-state index is 0.323. The van der Waals surface area contributed by atoms with Gasteiger partial charge < -0.3 is 15.2 Å². The van der Waals surface area contributed by atoms with Gasteiger partial charge in [0.2, 0.25) is 0 Å². The molecule has 0 aliphatic heterocycles. The summed E-state index contributed by atoms with van der Waals surface area (Å²) in [5.41, 5.74) is 0.368. The number of ether oxygens (including phenoxy) is 1. The van der Waals surface area contributed by atoms with Gasteiger partial charge in [-0.15, -0.1) is 0 Å². The summed E-state index contributed by atoms with van der Waals surface area (Å²) in [4.78, 5) is 0. The van der Waals surface area contributed by atoms with Crippen LogP contribution in [0.5, 0.6) is 5.75 Å². The van der Waals surface area contributed by atoms with E-state index >= 15 is 0 Å². The number of aryl methyl sites for hydroxylation is 1. The van der Waals surface area contributed by atoms with Crippen LogP contribution >= 0.6 is 0 Å². The molecule has 2 rings (SSSR count). The van der Waals surface area contributed by atoms with E-state index in [4.69, 9.17) is 4.74 Å². The molecule has 1 aliphatic rings. The Morgan fingerprint density at radius 2 is 2.11 bits per heavy atom. The van der Waals surface area contributed by atoms with Crippen LogP contribution in [0.1, 0.15) is 32.3 Å². The Balaban J connectivity index is 1.84. The van der Waals surface area contributed by atoms with Crippen LogP contribution in [0.2, 0.25) is 0 Å². The standard InChI is InChI=1S/C15H23NO2/c1-3-12-6-4-5-7-14(12)18-11-15(2,17)10-16-13-8-9-13/h4-7,13,16-17H,3,8-11H2,1-2H3. The fourth-order valence-corrected chi connectivity index (χ4v) is 1.87. The second-order valence-electron chi connectivity index (χ2n) is 5.40. The highest BCUT2D eigenvalue weighted by atomic mass is 16.5. The Morgan fingerprint density at radius 1 is 1.39 bits per heavy atom. The third-order valence-corrected chi connectivity index (χ3v) is 3.24. The number of nitrogens with one attached hydrogen (secondary N) is 1. The highest BCUT2D eigenvalue weighted by Gasteiger charge is 2.27. The largest absolute Gasteiger partial charge is 0.490 e. The topological polar surface area (TPSA) is 41.5 Å². The zero-order valence-electron chi connectivity index (χ0n) is 11.3. The van der Waals surface area contributed by atoms with Gasteiger partial charge in [-0.05, 0) is 37.8 Å². The maximum absolute atomic E-state index is 10.2. The van der Waals surface area contributed by atoms with Gasteiger partial charge in [0.1, 0.15) is 18.0 Å². The average molecular weight is 249 g/mol. The number of para-hydroxylation sites is 1. The lowest BCUT2D eigenvalue weighted by atomic mass is 10.1.